The Kier molecular flexibility index (Phi) is 3.56. The highest BCUT2D eigenvalue weighted by atomic mass is 16.5. The number of rotatable bonds is 3. The molecular formula is C17H18N2O3. The molecule has 0 saturated heterocycles. The first-order valence-corrected chi connectivity index (χ1v) is 7.43. The molecule has 2 amide bonds. The lowest BCUT2D eigenvalue weighted by molar-refractivity contribution is -0.130. The number of amides is 2. The summed E-state index contributed by atoms with van der Waals surface area (Å²) in [6.45, 7) is 5.83. The summed E-state index contributed by atoms with van der Waals surface area (Å²) in [5.41, 5.74) is 3.02. The third-order valence-electron chi connectivity index (χ3n) is 4.26. The molecule has 1 aromatic heterocycles. The van der Waals surface area contributed by atoms with Crippen LogP contribution in [0.3, 0.4) is 0 Å². The van der Waals surface area contributed by atoms with Crippen LogP contribution in [-0.4, -0.2) is 21.9 Å². The van der Waals surface area contributed by atoms with Crippen molar-refractivity contribution in [1.29, 1.82) is 0 Å². The summed E-state index contributed by atoms with van der Waals surface area (Å²) in [6, 6.07) is 7.29. The van der Waals surface area contributed by atoms with Crippen LogP contribution in [0.1, 0.15) is 52.7 Å². The lowest BCUT2D eigenvalue weighted by atomic mass is 9.89. The third-order valence-corrected chi connectivity index (χ3v) is 4.26. The number of aromatic nitrogens is 1. The topological polar surface area (TPSA) is 63.4 Å². The van der Waals surface area contributed by atoms with E-state index in [1.807, 2.05) is 32.0 Å². The maximum absolute atomic E-state index is 12.7. The van der Waals surface area contributed by atoms with Crippen molar-refractivity contribution in [3.8, 4) is 0 Å². The van der Waals surface area contributed by atoms with Crippen molar-refractivity contribution >= 4 is 11.8 Å². The van der Waals surface area contributed by atoms with Gasteiger partial charge in [0.05, 0.1) is 18.2 Å². The smallest absolute Gasteiger partial charge is 0.261 e. The van der Waals surface area contributed by atoms with Crippen LogP contribution >= 0.6 is 0 Å². The average Bonchev–Trinajstić information content (AvgIpc) is 2.89. The Balaban J connectivity index is 2.00. The maximum Gasteiger partial charge on any atom is 0.261 e. The van der Waals surface area contributed by atoms with Gasteiger partial charge in [0.15, 0.2) is 0 Å². The molecule has 0 spiro atoms. The molecule has 2 heterocycles. The molecule has 114 valence electrons. The fourth-order valence-electron chi connectivity index (χ4n) is 2.91. The highest BCUT2D eigenvalue weighted by Crippen LogP contribution is 2.30. The predicted molar refractivity (Wildman–Crippen MR) is 80.4 cm³/mol. The largest absolute Gasteiger partial charge is 0.361 e. The molecule has 0 fully saturated rings. The van der Waals surface area contributed by atoms with Crippen molar-refractivity contribution < 1.29 is 14.1 Å². The second-order valence-corrected chi connectivity index (χ2v) is 5.56. The summed E-state index contributed by atoms with van der Waals surface area (Å²) in [5, 5.41) is 3.99. The molecule has 1 aliphatic rings. The van der Waals surface area contributed by atoms with Crippen molar-refractivity contribution in [2.24, 2.45) is 0 Å². The minimum atomic E-state index is -0.320. The van der Waals surface area contributed by atoms with E-state index in [4.69, 9.17) is 4.52 Å². The van der Waals surface area contributed by atoms with E-state index in [-0.39, 0.29) is 24.3 Å². The second-order valence-electron chi connectivity index (χ2n) is 5.56. The molecule has 0 N–H and O–H groups in total. The lowest BCUT2D eigenvalue weighted by Crippen LogP contribution is -2.43. The van der Waals surface area contributed by atoms with Crippen LogP contribution < -0.4 is 0 Å². The van der Waals surface area contributed by atoms with Crippen molar-refractivity contribution in [3.63, 3.8) is 0 Å². The van der Waals surface area contributed by atoms with Crippen LogP contribution in [0.15, 0.2) is 28.8 Å². The molecule has 5 heteroatoms. The fraction of sp³-hybridized carbons (Fsp3) is 0.353. The quantitative estimate of drug-likeness (QED) is 0.817. The Morgan fingerprint density at radius 2 is 2.00 bits per heavy atom. The molecule has 5 nitrogen and oxygen atoms in total. The van der Waals surface area contributed by atoms with E-state index in [0.717, 1.165) is 16.8 Å². The zero-order chi connectivity index (χ0) is 15.9. The minimum Gasteiger partial charge on any atom is -0.361 e. The summed E-state index contributed by atoms with van der Waals surface area (Å²) in [4.78, 5) is 26.6. The third kappa shape index (κ3) is 2.13. The second kappa shape index (κ2) is 5.40. The van der Waals surface area contributed by atoms with Crippen LogP contribution in [0.25, 0.3) is 0 Å². The van der Waals surface area contributed by atoms with E-state index in [1.165, 1.54) is 4.90 Å². The van der Waals surface area contributed by atoms with Crippen LogP contribution in [-0.2, 0) is 17.8 Å². The van der Waals surface area contributed by atoms with Crippen LogP contribution in [0.5, 0.6) is 0 Å². The van der Waals surface area contributed by atoms with Gasteiger partial charge in [0.2, 0.25) is 5.91 Å². The minimum absolute atomic E-state index is 0.175. The first-order valence-electron chi connectivity index (χ1n) is 7.43. The summed E-state index contributed by atoms with van der Waals surface area (Å²) in [5.74, 6) is -0.0872. The Morgan fingerprint density at radius 1 is 1.27 bits per heavy atom. The van der Waals surface area contributed by atoms with Crippen molar-refractivity contribution in [1.82, 2.24) is 10.1 Å². The Morgan fingerprint density at radius 3 is 2.73 bits per heavy atom. The van der Waals surface area contributed by atoms with Crippen molar-refractivity contribution in [3.05, 3.63) is 52.4 Å². The van der Waals surface area contributed by atoms with Crippen LogP contribution in [0.4, 0.5) is 0 Å². The number of benzene rings is 1. The number of hydrogen-bond donors (Lipinski definition) is 0. The van der Waals surface area contributed by atoms with Gasteiger partial charge in [-0.3, -0.25) is 14.5 Å². The van der Waals surface area contributed by atoms with Crippen molar-refractivity contribution in [2.45, 2.75) is 39.7 Å². The van der Waals surface area contributed by atoms with Gasteiger partial charge in [-0.05, 0) is 31.9 Å². The van der Waals surface area contributed by atoms with Gasteiger partial charge in [0.1, 0.15) is 5.76 Å². The number of imide groups is 1. The van der Waals surface area contributed by atoms with E-state index >= 15 is 0 Å². The molecule has 3 rings (SSSR count). The molecule has 0 radical (unpaired) electrons. The number of fused-ring (bicyclic) bond motifs is 1. The highest BCUT2D eigenvalue weighted by Gasteiger charge is 2.36. The SMILES string of the molecule is CCc1noc(C)c1CN1C(=O)c2ccccc2C(C)C1=O. The molecule has 1 aliphatic heterocycles. The first-order chi connectivity index (χ1) is 10.5. The van der Waals surface area contributed by atoms with Gasteiger partial charge in [-0.1, -0.05) is 30.3 Å². The first kappa shape index (κ1) is 14.5. The number of carbonyl (C=O) groups excluding carboxylic acids is 2. The summed E-state index contributed by atoms with van der Waals surface area (Å²) < 4.78 is 5.20. The predicted octanol–water partition coefficient (Wildman–Crippen LogP) is 2.83. The van der Waals surface area contributed by atoms with Gasteiger partial charge in [-0.2, -0.15) is 0 Å². The Labute approximate surface area is 128 Å². The standard InChI is InChI=1S/C17H18N2O3/c1-4-15-14(11(3)22-18-15)9-19-16(20)10(2)12-7-5-6-8-13(12)17(19)21/h5-8,10H,4,9H2,1-3H3. The number of carbonyl (C=O) groups is 2. The molecule has 0 saturated carbocycles. The van der Waals surface area contributed by atoms with Gasteiger partial charge in [0, 0.05) is 11.1 Å². The molecular weight excluding hydrogens is 280 g/mol. The fourth-order valence-corrected chi connectivity index (χ4v) is 2.91. The number of aryl methyl sites for hydroxylation is 2. The molecule has 2 aromatic rings. The van der Waals surface area contributed by atoms with Gasteiger partial charge < -0.3 is 4.52 Å². The van der Waals surface area contributed by atoms with E-state index in [9.17, 15) is 9.59 Å². The zero-order valence-corrected chi connectivity index (χ0v) is 12.9. The van der Waals surface area contributed by atoms with Gasteiger partial charge >= 0.3 is 0 Å². The Bertz CT molecular complexity index is 748. The van der Waals surface area contributed by atoms with Crippen LogP contribution in [0.2, 0.25) is 0 Å². The highest BCUT2D eigenvalue weighted by molar-refractivity contribution is 6.11. The van der Waals surface area contributed by atoms with Crippen molar-refractivity contribution in [2.75, 3.05) is 0 Å². The van der Waals surface area contributed by atoms with Gasteiger partial charge in [-0.25, -0.2) is 0 Å². The van der Waals surface area contributed by atoms with E-state index in [2.05, 4.69) is 5.16 Å². The summed E-state index contributed by atoms with van der Waals surface area (Å²) in [6.07, 6.45) is 0.703. The van der Waals surface area contributed by atoms with Gasteiger partial charge in [-0.15, -0.1) is 0 Å². The summed E-state index contributed by atoms with van der Waals surface area (Å²) >= 11 is 0. The lowest BCUT2D eigenvalue weighted by Gasteiger charge is -2.30. The molecule has 1 unspecified atom stereocenters. The average molecular weight is 298 g/mol. The molecule has 0 aliphatic carbocycles. The molecule has 0 bridgehead atoms. The normalized spacial score (nSPS) is 17.8. The Hall–Kier alpha value is -2.43. The zero-order valence-electron chi connectivity index (χ0n) is 12.9. The molecule has 22 heavy (non-hydrogen) atoms. The van der Waals surface area contributed by atoms with E-state index in [0.29, 0.717) is 17.7 Å². The number of nitrogens with zero attached hydrogens (tertiary/aromatic N) is 2. The molecule has 1 atom stereocenters. The van der Waals surface area contributed by atoms with E-state index in [1.54, 1.807) is 13.0 Å². The number of hydrogen-bond acceptors (Lipinski definition) is 4. The van der Waals surface area contributed by atoms with Gasteiger partial charge in [0.25, 0.3) is 5.91 Å². The van der Waals surface area contributed by atoms with Crippen LogP contribution in [0, 0.1) is 6.92 Å². The summed E-state index contributed by atoms with van der Waals surface area (Å²) in [7, 11) is 0. The van der Waals surface area contributed by atoms with E-state index < -0.39 is 0 Å². The maximum atomic E-state index is 12.7. The molecule has 1 aromatic carbocycles. The monoisotopic (exact) mass is 298 g/mol.